The molecule has 1 N–H and O–H groups in total. The van der Waals surface area contributed by atoms with E-state index >= 15 is 4.39 Å². The van der Waals surface area contributed by atoms with Crippen molar-refractivity contribution in [2.45, 2.75) is 45.3 Å². The van der Waals surface area contributed by atoms with Gasteiger partial charge < -0.3 is 14.5 Å². The van der Waals surface area contributed by atoms with Crippen molar-refractivity contribution in [3.63, 3.8) is 0 Å². The predicted molar refractivity (Wildman–Crippen MR) is 192 cm³/mol. The molecule has 1 aliphatic rings. The van der Waals surface area contributed by atoms with Crippen LogP contribution >= 0.6 is 0 Å². The highest BCUT2D eigenvalue weighted by molar-refractivity contribution is 6.99. The lowest BCUT2D eigenvalue weighted by molar-refractivity contribution is 0.236. The highest BCUT2D eigenvalue weighted by Crippen LogP contribution is 2.38. The van der Waals surface area contributed by atoms with Crippen molar-refractivity contribution in [3.05, 3.63) is 127 Å². The quantitative estimate of drug-likeness (QED) is 0.155. The van der Waals surface area contributed by atoms with Gasteiger partial charge in [-0.1, -0.05) is 81.4 Å². The van der Waals surface area contributed by atoms with E-state index in [1.165, 1.54) is 36.3 Å². The maximum Gasteiger partial charge on any atom is 0.330 e. The average molecular weight is 680 g/mol. The minimum atomic E-state index is -2.96. The minimum Gasteiger partial charge on any atom is -0.497 e. The number of nitrogens with one attached hydrogen (secondary N) is 1. The van der Waals surface area contributed by atoms with Gasteiger partial charge >= 0.3 is 6.03 Å². The van der Waals surface area contributed by atoms with E-state index in [2.05, 4.69) is 55.3 Å². The van der Waals surface area contributed by atoms with Crippen molar-refractivity contribution in [2.75, 3.05) is 28.8 Å². The smallest absolute Gasteiger partial charge is 0.330 e. The van der Waals surface area contributed by atoms with Crippen molar-refractivity contribution < 1.29 is 22.7 Å². The van der Waals surface area contributed by atoms with Gasteiger partial charge in [0.25, 0.3) is 8.32 Å². The summed E-state index contributed by atoms with van der Waals surface area (Å²) < 4.78 is 41.5. The van der Waals surface area contributed by atoms with Gasteiger partial charge in [0.15, 0.2) is 5.82 Å². The maximum atomic E-state index is 15.5. The lowest BCUT2D eigenvalue weighted by atomic mass is 10.1. The van der Waals surface area contributed by atoms with E-state index in [1.807, 2.05) is 43.3 Å². The summed E-state index contributed by atoms with van der Waals surface area (Å²) in [6.45, 7) is 8.71. The second kappa shape index (κ2) is 13.8. The van der Waals surface area contributed by atoms with Gasteiger partial charge in [0.05, 0.1) is 32.0 Å². The Morgan fingerprint density at radius 1 is 0.918 bits per heavy atom. The van der Waals surface area contributed by atoms with Gasteiger partial charge in [-0.25, -0.2) is 18.6 Å². The van der Waals surface area contributed by atoms with Gasteiger partial charge in [0.1, 0.15) is 17.4 Å². The summed E-state index contributed by atoms with van der Waals surface area (Å²) in [6.07, 6.45) is 1.62. The van der Waals surface area contributed by atoms with Crippen molar-refractivity contribution in [1.82, 2.24) is 9.97 Å². The third-order valence-corrected chi connectivity index (χ3v) is 13.8. The molecule has 252 valence electrons. The van der Waals surface area contributed by atoms with E-state index in [-0.39, 0.29) is 35.6 Å². The van der Waals surface area contributed by atoms with Crippen LogP contribution in [0.4, 0.5) is 36.7 Å². The number of methoxy groups -OCH3 is 1. The summed E-state index contributed by atoms with van der Waals surface area (Å²) in [5.41, 5.74) is 1.31. The fourth-order valence-corrected chi connectivity index (χ4v) is 11.0. The van der Waals surface area contributed by atoms with Crippen LogP contribution < -0.4 is 30.2 Å². The van der Waals surface area contributed by atoms with E-state index < -0.39 is 26.2 Å². The molecule has 0 aliphatic carbocycles. The van der Waals surface area contributed by atoms with E-state index in [0.717, 1.165) is 10.4 Å². The zero-order chi connectivity index (χ0) is 34.8. The highest BCUT2D eigenvalue weighted by Gasteiger charge is 2.51. The molecule has 1 atom stereocenters. The number of anilines is 4. The maximum absolute atomic E-state index is 15.5. The number of hydrogen-bond donors (Lipinski definition) is 1. The number of urea groups is 1. The number of aromatic nitrogens is 2. The topological polar surface area (TPSA) is 79.8 Å². The van der Waals surface area contributed by atoms with Gasteiger partial charge in [0, 0.05) is 23.5 Å². The lowest BCUT2D eigenvalue weighted by Gasteiger charge is -2.45. The summed E-state index contributed by atoms with van der Waals surface area (Å²) in [7, 11) is -1.50. The molecule has 0 saturated carbocycles. The molecular formula is C38H39F2N5O3Si. The van der Waals surface area contributed by atoms with Crippen LogP contribution in [0.3, 0.4) is 0 Å². The number of fused-ring (bicyclic) bond motifs is 1. The van der Waals surface area contributed by atoms with Gasteiger partial charge in [-0.2, -0.15) is 4.98 Å². The Kier molecular flexibility index (Phi) is 9.49. The first kappa shape index (κ1) is 33.8. The first-order valence-electron chi connectivity index (χ1n) is 16.1. The summed E-state index contributed by atoms with van der Waals surface area (Å²) in [4.78, 5) is 26.7. The van der Waals surface area contributed by atoms with E-state index in [1.54, 1.807) is 29.3 Å². The molecule has 0 spiro atoms. The number of hydrogen-bond acceptors (Lipinski definition) is 6. The van der Waals surface area contributed by atoms with Crippen LogP contribution in [-0.4, -0.2) is 44.1 Å². The van der Waals surface area contributed by atoms with Crippen molar-refractivity contribution in [1.29, 1.82) is 0 Å². The molecule has 0 saturated heterocycles. The van der Waals surface area contributed by atoms with Crippen LogP contribution in [-0.2, 0) is 11.0 Å². The molecule has 2 amide bonds. The zero-order valence-corrected chi connectivity index (χ0v) is 29.2. The Morgan fingerprint density at radius 3 is 2.12 bits per heavy atom. The number of amides is 2. The summed E-state index contributed by atoms with van der Waals surface area (Å²) in [5.74, 6) is -0.00683. The van der Waals surface area contributed by atoms with Gasteiger partial charge in [0.2, 0.25) is 5.95 Å². The normalized spacial score (nSPS) is 14.0. The van der Waals surface area contributed by atoms with Gasteiger partial charge in [-0.15, -0.1) is 0 Å². The zero-order valence-electron chi connectivity index (χ0n) is 28.2. The third kappa shape index (κ3) is 6.64. The van der Waals surface area contributed by atoms with E-state index in [9.17, 15) is 9.18 Å². The molecule has 1 aromatic heterocycles. The van der Waals surface area contributed by atoms with E-state index in [4.69, 9.17) is 14.1 Å². The number of halogens is 2. The number of rotatable bonds is 10. The van der Waals surface area contributed by atoms with Crippen LogP contribution in [0.1, 0.15) is 33.3 Å². The first-order valence-corrected chi connectivity index (χ1v) is 18.0. The van der Waals surface area contributed by atoms with Gasteiger partial charge in [-0.3, -0.25) is 9.80 Å². The molecule has 6 rings (SSSR count). The minimum absolute atomic E-state index is 0.0486. The van der Waals surface area contributed by atoms with Crippen molar-refractivity contribution in [2.24, 2.45) is 0 Å². The van der Waals surface area contributed by atoms with Crippen LogP contribution in [0.15, 0.2) is 109 Å². The number of benzene rings is 4. The molecule has 49 heavy (non-hydrogen) atoms. The Morgan fingerprint density at radius 2 is 1.55 bits per heavy atom. The Balaban J connectivity index is 1.41. The third-order valence-electron chi connectivity index (χ3n) is 8.78. The Labute approximate surface area is 286 Å². The molecule has 0 fully saturated rings. The van der Waals surface area contributed by atoms with Crippen molar-refractivity contribution >= 4 is 47.9 Å². The fraction of sp³-hybridized carbons (Fsp3) is 0.237. The number of carbonyl (C=O) groups excluding carboxylic acids is 1. The Hall–Kier alpha value is -5.13. The monoisotopic (exact) mass is 679 g/mol. The van der Waals surface area contributed by atoms with Crippen LogP contribution in [0.25, 0.3) is 0 Å². The predicted octanol–water partition coefficient (Wildman–Crippen LogP) is 7.42. The van der Waals surface area contributed by atoms with Gasteiger partial charge in [-0.05, 0) is 58.7 Å². The molecule has 0 bridgehead atoms. The van der Waals surface area contributed by atoms with Crippen LogP contribution in [0.5, 0.6) is 5.75 Å². The fourth-order valence-electron chi connectivity index (χ4n) is 6.40. The standard InChI is InChI=1S/C38H39F2N5O3Si/c1-26(25-48-49(38(2,3)4,31-12-8-6-9-13-31)32-14-10-7-11-15-32)45-35-27(23-41-36(43-35)42-29-18-16-28(39)17-19-29)24-44(37(45)46)34-21-20-30(47-5)22-33(34)40/h6-23,26H,24-25H2,1-5H3,(H,41,42,43)/t26-/m0/s1. The largest absolute Gasteiger partial charge is 0.497 e. The lowest BCUT2D eigenvalue weighted by Crippen LogP contribution is -2.67. The number of ether oxygens (including phenoxy) is 1. The summed E-state index contributed by atoms with van der Waals surface area (Å²) in [5, 5.41) is 5.04. The summed E-state index contributed by atoms with van der Waals surface area (Å²) in [6, 6.07) is 29.8. The highest BCUT2D eigenvalue weighted by atomic mass is 28.4. The molecule has 1 aliphatic heterocycles. The molecular weight excluding hydrogens is 641 g/mol. The molecule has 0 unspecified atom stereocenters. The van der Waals surface area contributed by atoms with Crippen LogP contribution in [0, 0.1) is 11.6 Å². The molecule has 8 nitrogen and oxygen atoms in total. The van der Waals surface area contributed by atoms with Crippen LogP contribution in [0.2, 0.25) is 5.04 Å². The Bertz CT molecular complexity index is 1890. The first-order chi connectivity index (χ1) is 23.5. The molecule has 11 heteroatoms. The number of nitrogens with zero attached hydrogens (tertiary/aromatic N) is 4. The molecule has 2 heterocycles. The summed E-state index contributed by atoms with van der Waals surface area (Å²) >= 11 is 0. The molecule has 4 aromatic carbocycles. The second-order valence-corrected chi connectivity index (χ2v) is 17.4. The number of carbonyl (C=O) groups is 1. The molecule has 0 radical (unpaired) electrons. The average Bonchev–Trinajstić information content (AvgIpc) is 3.09. The SMILES string of the molecule is COc1ccc(N2Cc3cnc(Nc4ccc(F)cc4)nc3N([C@@H](C)CO[Si](c3ccccc3)(c3ccccc3)C(C)(C)C)C2=O)c(F)c1. The molecule has 5 aromatic rings. The van der Waals surface area contributed by atoms with E-state index in [0.29, 0.717) is 22.8 Å². The van der Waals surface area contributed by atoms with Crippen molar-refractivity contribution in [3.8, 4) is 5.75 Å². The second-order valence-electron chi connectivity index (χ2n) is 13.1.